The third-order valence-corrected chi connectivity index (χ3v) is 5.67. The molecule has 1 N–H and O–H groups in total. The minimum atomic E-state index is -3.53. The van der Waals surface area contributed by atoms with Crippen LogP contribution in [-0.2, 0) is 25.8 Å². The van der Waals surface area contributed by atoms with Crippen molar-refractivity contribution in [3.8, 4) is 0 Å². The summed E-state index contributed by atoms with van der Waals surface area (Å²) in [5.41, 5.74) is 1.65. The molecule has 0 aliphatic carbocycles. The second-order valence-electron chi connectivity index (χ2n) is 6.36. The summed E-state index contributed by atoms with van der Waals surface area (Å²) in [5, 5.41) is 2.69. The van der Waals surface area contributed by atoms with E-state index in [0.29, 0.717) is 6.54 Å². The summed E-state index contributed by atoms with van der Waals surface area (Å²) in [6, 6.07) is 4.84. The largest absolute Gasteiger partial charge is 0.354 e. The van der Waals surface area contributed by atoms with Gasteiger partial charge < -0.3 is 10.2 Å². The first-order valence-electron chi connectivity index (χ1n) is 8.14. The van der Waals surface area contributed by atoms with E-state index in [1.807, 2.05) is 13.8 Å². The molecule has 1 aromatic rings. The van der Waals surface area contributed by atoms with E-state index >= 15 is 0 Å². The Bertz CT molecular complexity index is 741. The lowest BCUT2D eigenvalue weighted by atomic mass is 10.0. The highest BCUT2D eigenvalue weighted by Gasteiger charge is 2.23. The van der Waals surface area contributed by atoms with Crippen LogP contribution in [0, 0.1) is 0 Å². The minimum Gasteiger partial charge on any atom is -0.354 e. The van der Waals surface area contributed by atoms with Crippen LogP contribution in [-0.4, -0.2) is 38.6 Å². The molecule has 0 radical (unpaired) electrons. The predicted molar refractivity (Wildman–Crippen MR) is 92.7 cm³/mol. The topological polar surface area (TPSA) is 83.6 Å². The maximum absolute atomic E-state index is 12.5. The van der Waals surface area contributed by atoms with Gasteiger partial charge in [-0.05, 0) is 50.5 Å². The van der Waals surface area contributed by atoms with E-state index in [2.05, 4.69) is 5.32 Å². The maximum Gasteiger partial charge on any atom is 0.223 e. The predicted octanol–water partition coefficient (Wildman–Crippen LogP) is 1.67. The highest BCUT2D eigenvalue weighted by atomic mass is 32.2. The molecular weight excluding hydrogens is 328 g/mol. The third kappa shape index (κ3) is 4.35. The normalized spacial score (nSPS) is 14.4. The van der Waals surface area contributed by atoms with Crippen LogP contribution >= 0.6 is 0 Å². The van der Waals surface area contributed by atoms with Crippen molar-refractivity contribution in [3.63, 3.8) is 0 Å². The first-order valence-corrected chi connectivity index (χ1v) is 9.79. The van der Waals surface area contributed by atoms with Gasteiger partial charge >= 0.3 is 0 Å². The van der Waals surface area contributed by atoms with Gasteiger partial charge in [-0.3, -0.25) is 9.59 Å². The minimum absolute atomic E-state index is 0.0125. The number of hydrogen-bond donors (Lipinski definition) is 1. The Kier molecular flexibility index (Phi) is 5.64. The van der Waals surface area contributed by atoms with Crippen molar-refractivity contribution in [2.45, 2.75) is 51.0 Å². The summed E-state index contributed by atoms with van der Waals surface area (Å²) in [4.78, 5) is 25.2. The molecule has 0 bridgehead atoms. The molecule has 1 heterocycles. The van der Waals surface area contributed by atoms with Crippen LogP contribution in [0.25, 0.3) is 0 Å². The smallest absolute Gasteiger partial charge is 0.223 e. The summed E-state index contributed by atoms with van der Waals surface area (Å²) in [6.45, 7) is 5.82. The number of aryl methyl sites for hydroxylation is 1. The average molecular weight is 352 g/mol. The number of carbonyl (C=O) groups is 2. The molecular formula is C17H24N2O4S. The van der Waals surface area contributed by atoms with Gasteiger partial charge in [0, 0.05) is 31.6 Å². The van der Waals surface area contributed by atoms with Gasteiger partial charge in [0.05, 0.1) is 10.6 Å². The highest BCUT2D eigenvalue weighted by molar-refractivity contribution is 7.91. The molecule has 0 aromatic heterocycles. The summed E-state index contributed by atoms with van der Waals surface area (Å²) < 4.78 is 24.9. The van der Waals surface area contributed by atoms with Gasteiger partial charge in [0.25, 0.3) is 0 Å². The molecule has 0 atom stereocenters. The van der Waals surface area contributed by atoms with E-state index in [1.54, 1.807) is 17.0 Å². The van der Waals surface area contributed by atoms with Crippen molar-refractivity contribution in [1.29, 1.82) is 0 Å². The van der Waals surface area contributed by atoms with E-state index in [-0.39, 0.29) is 34.9 Å². The summed E-state index contributed by atoms with van der Waals surface area (Å²) >= 11 is 0. The van der Waals surface area contributed by atoms with E-state index < -0.39 is 9.84 Å². The summed E-state index contributed by atoms with van der Waals surface area (Å²) in [7, 11) is -3.53. The summed E-state index contributed by atoms with van der Waals surface area (Å²) in [5.74, 6) is -0.535. The Labute approximate surface area is 143 Å². The molecule has 0 spiro atoms. The van der Waals surface area contributed by atoms with Crippen LogP contribution in [0.4, 0.5) is 5.69 Å². The van der Waals surface area contributed by atoms with Crippen LogP contribution in [0.1, 0.15) is 39.2 Å². The van der Waals surface area contributed by atoms with Crippen LogP contribution < -0.4 is 10.2 Å². The van der Waals surface area contributed by atoms with Gasteiger partial charge in [-0.25, -0.2) is 8.42 Å². The molecule has 7 heteroatoms. The van der Waals surface area contributed by atoms with Gasteiger partial charge in [0.15, 0.2) is 9.84 Å². The molecule has 0 saturated heterocycles. The third-order valence-electron chi connectivity index (χ3n) is 3.96. The number of rotatable bonds is 5. The van der Waals surface area contributed by atoms with E-state index in [9.17, 15) is 18.0 Å². The zero-order valence-corrected chi connectivity index (χ0v) is 15.1. The van der Waals surface area contributed by atoms with Gasteiger partial charge in [-0.15, -0.1) is 0 Å². The fraction of sp³-hybridized carbons (Fsp3) is 0.529. The highest BCUT2D eigenvalue weighted by Crippen LogP contribution is 2.29. The van der Waals surface area contributed by atoms with Crippen molar-refractivity contribution in [3.05, 3.63) is 23.8 Å². The molecule has 0 fully saturated rings. The summed E-state index contributed by atoms with van der Waals surface area (Å²) in [6.07, 6.45) is 1.50. The molecule has 1 aliphatic rings. The van der Waals surface area contributed by atoms with Crippen molar-refractivity contribution in [1.82, 2.24) is 5.32 Å². The fourth-order valence-corrected chi connectivity index (χ4v) is 4.12. The molecule has 0 unspecified atom stereocenters. The Hall–Kier alpha value is -1.89. The van der Waals surface area contributed by atoms with Crippen molar-refractivity contribution in [2.75, 3.05) is 17.2 Å². The number of hydrogen-bond acceptors (Lipinski definition) is 4. The number of nitrogens with one attached hydrogen (secondary N) is 1. The van der Waals surface area contributed by atoms with Crippen molar-refractivity contribution < 1.29 is 18.0 Å². The van der Waals surface area contributed by atoms with E-state index in [0.717, 1.165) is 24.1 Å². The molecule has 0 saturated carbocycles. The Morgan fingerprint density at radius 2 is 2.00 bits per heavy atom. The molecule has 6 nitrogen and oxygen atoms in total. The average Bonchev–Trinajstić information content (AvgIpc) is 2.51. The van der Waals surface area contributed by atoms with Crippen LogP contribution in [0.2, 0.25) is 0 Å². The van der Waals surface area contributed by atoms with Gasteiger partial charge in [-0.1, -0.05) is 0 Å². The lowest BCUT2D eigenvalue weighted by molar-refractivity contribution is -0.121. The number of sulfone groups is 1. The first kappa shape index (κ1) is 18.4. The van der Waals surface area contributed by atoms with Crippen molar-refractivity contribution >= 4 is 27.3 Å². The number of carbonyl (C=O) groups excluding carboxylic acids is 2. The second kappa shape index (κ2) is 7.34. The van der Waals surface area contributed by atoms with Crippen LogP contribution in [0.15, 0.2) is 23.1 Å². The number of anilines is 1. The Morgan fingerprint density at radius 1 is 1.29 bits per heavy atom. The number of fused-ring (bicyclic) bond motifs is 1. The number of benzene rings is 1. The second-order valence-corrected chi connectivity index (χ2v) is 8.46. The maximum atomic E-state index is 12.5. The lowest BCUT2D eigenvalue weighted by Crippen LogP contribution is -2.33. The van der Waals surface area contributed by atoms with E-state index in [4.69, 9.17) is 0 Å². The van der Waals surface area contributed by atoms with Crippen LogP contribution in [0.5, 0.6) is 0 Å². The van der Waals surface area contributed by atoms with Crippen LogP contribution in [0.3, 0.4) is 0 Å². The molecule has 2 amide bonds. The monoisotopic (exact) mass is 352 g/mol. The zero-order chi connectivity index (χ0) is 17.9. The fourth-order valence-electron chi connectivity index (χ4n) is 2.83. The zero-order valence-electron chi connectivity index (χ0n) is 14.3. The number of amides is 2. The Morgan fingerprint density at radius 3 is 2.62 bits per heavy atom. The standard InChI is InChI=1S/C17H24N2O4S/c1-12(2)18-17(21)8-10-24(22,23)15-6-7-16-14(11-15)5-4-9-19(16)13(3)20/h6-7,11-12H,4-5,8-10H2,1-3H3,(H,18,21). The SMILES string of the molecule is CC(=O)N1CCCc2cc(S(=O)(=O)CCC(=O)NC(C)C)ccc21. The lowest BCUT2D eigenvalue weighted by Gasteiger charge is -2.28. The molecule has 24 heavy (non-hydrogen) atoms. The van der Waals surface area contributed by atoms with Crippen molar-refractivity contribution in [2.24, 2.45) is 0 Å². The Balaban J connectivity index is 2.17. The van der Waals surface area contributed by atoms with Gasteiger partial charge in [0.1, 0.15) is 0 Å². The number of nitrogens with zero attached hydrogens (tertiary/aromatic N) is 1. The first-order chi connectivity index (χ1) is 11.2. The van der Waals surface area contributed by atoms with Gasteiger partial charge in [-0.2, -0.15) is 0 Å². The van der Waals surface area contributed by atoms with E-state index in [1.165, 1.54) is 13.0 Å². The quantitative estimate of drug-likeness (QED) is 0.874. The molecule has 1 aromatic carbocycles. The van der Waals surface area contributed by atoms with Gasteiger partial charge in [0.2, 0.25) is 11.8 Å². The molecule has 2 rings (SSSR count). The molecule has 132 valence electrons. The molecule has 1 aliphatic heterocycles.